The van der Waals surface area contributed by atoms with Crippen molar-refractivity contribution in [1.82, 2.24) is 0 Å². The number of fused-ring (bicyclic) bond motifs is 4. The minimum atomic E-state index is 0.927. The van der Waals surface area contributed by atoms with E-state index >= 15 is 0 Å². The van der Waals surface area contributed by atoms with E-state index in [9.17, 15) is 0 Å². The summed E-state index contributed by atoms with van der Waals surface area (Å²) in [4.78, 5) is 20.9. The zero-order chi connectivity index (χ0) is 36.8. The smallest absolute Gasteiger partial charge is 0.0748 e. The van der Waals surface area contributed by atoms with E-state index in [1.165, 1.54) is 0 Å². The highest BCUT2D eigenvalue weighted by Crippen LogP contribution is 2.30. The molecule has 4 heteroatoms. The van der Waals surface area contributed by atoms with Crippen molar-refractivity contribution in [3.63, 3.8) is 0 Å². The summed E-state index contributed by atoms with van der Waals surface area (Å²) in [6, 6.07) is 54.7. The van der Waals surface area contributed by atoms with E-state index < -0.39 is 0 Å². The molecule has 9 rings (SSSR count). The van der Waals surface area contributed by atoms with Crippen molar-refractivity contribution in [2.75, 3.05) is 0 Å². The van der Waals surface area contributed by atoms with E-state index in [2.05, 4.69) is 113 Å². The number of hydrogen-bond donors (Lipinski definition) is 0. The summed E-state index contributed by atoms with van der Waals surface area (Å²) in [5, 5.41) is 12.8. The molecule has 54 heavy (non-hydrogen) atoms. The lowest BCUT2D eigenvalue weighted by molar-refractivity contribution is 1.20. The van der Waals surface area contributed by atoms with Gasteiger partial charge in [0.2, 0.25) is 0 Å². The van der Waals surface area contributed by atoms with Gasteiger partial charge in [-0.1, -0.05) is 72.8 Å². The molecule has 0 spiro atoms. The first-order chi connectivity index (χ1) is 26.4. The van der Waals surface area contributed by atoms with Gasteiger partial charge in [-0.25, -0.2) is 20.0 Å². The quantitative estimate of drug-likeness (QED) is 0.165. The van der Waals surface area contributed by atoms with Gasteiger partial charge in [0.05, 0.1) is 44.2 Å². The highest BCUT2D eigenvalue weighted by molar-refractivity contribution is 6.08. The average molecular weight is 695 g/mol. The molecule has 0 saturated carbocycles. The molecule has 0 bridgehead atoms. The number of rotatable bonds is 4. The second kappa shape index (κ2) is 13.6. The van der Waals surface area contributed by atoms with Crippen LogP contribution < -0.4 is 21.4 Å². The van der Waals surface area contributed by atoms with Gasteiger partial charge in [0, 0.05) is 21.5 Å². The summed E-state index contributed by atoms with van der Waals surface area (Å²) < 4.78 is 0. The van der Waals surface area contributed by atoms with Crippen LogP contribution in [0, 0.1) is 27.7 Å². The van der Waals surface area contributed by atoms with Crippen molar-refractivity contribution < 1.29 is 0 Å². The molecule has 0 aliphatic carbocycles. The van der Waals surface area contributed by atoms with E-state index in [4.69, 9.17) is 20.0 Å². The lowest BCUT2D eigenvalue weighted by Crippen LogP contribution is -2.20. The SMILES string of the molecule is Cc1c(C)/c(=N\c2ccccc2)c2cc3cc4cc5/c(=N\c6ccccc6)c(C)c(C)/c(=N\c6ccccc6)c5cc4cc3cc2/c1=N\c1ccccc1. The van der Waals surface area contributed by atoms with Crippen molar-refractivity contribution in [3.8, 4) is 0 Å². The number of nitrogens with zero attached hydrogens (tertiary/aromatic N) is 4. The molecule has 0 aliphatic rings. The molecular weight excluding hydrogens is 657 g/mol. The maximum atomic E-state index is 5.24. The van der Waals surface area contributed by atoms with Crippen LogP contribution in [0.5, 0.6) is 0 Å². The summed E-state index contributed by atoms with van der Waals surface area (Å²) in [7, 11) is 0. The van der Waals surface area contributed by atoms with Crippen molar-refractivity contribution in [2.24, 2.45) is 20.0 Å². The maximum Gasteiger partial charge on any atom is 0.0748 e. The van der Waals surface area contributed by atoms with Gasteiger partial charge in [-0.05, 0) is 156 Å². The van der Waals surface area contributed by atoms with E-state index in [1.54, 1.807) is 0 Å². The van der Waals surface area contributed by atoms with Crippen molar-refractivity contribution >= 4 is 65.8 Å². The molecular formula is C50H38N4. The first-order valence-electron chi connectivity index (χ1n) is 18.4. The molecule has 0 amide bonds. The monoisotopic (exact) mass is 694 g/mol. The molecule has 0 atom stereocenters. The topological polar surface area (TPSA) is 49.4 Å². The zero-order valence-corrected chi connectivity index (χ0v) is 30.8. The van der Waals surface area contributed by atoms with Crippen LogP contribution in [0.25, 0.3) is 43.1 Å². The molecule has 0 aromatic heterocycles. The highest BCUT2D eigenvalue weighted by Gasteiger charge is 2.14. The molecule has 258 valence electrons. The van der Waals surface area contributed by atoms with E-state index in [0.717, 1.165) is 110 Å². The largest absolute Gasteiger partial charge is 0.248 e. The van der Waals surface area contributed by atoms with Gasteiger partial charge in [0.25, 0.3) is 0 Å². The minimum absolute atomic E-state index is 0.927. The third kappa shape index (κ3) is 6.02. The second-order valence-electron chi connectivity index (χ2n) is 14.0. The second-order valence-corrected chi connectivity index (χ2v) is 14.0. The molecule has 4 nitrogen and oxygen atoms in total. The Morgan fingerprint density at radius 1 is 0.259 bits per heavy atom. The molecule has 9 aromatic rings. The van der Waals surface area contributed by atoms with Crippen LogP contribution in [0.1, 0.15) is 22.3 Å². The summed E-state index contributed by atoms with van der Waals surface area (Å²) in [6.07, 6.45) is 0. The summed E-state index contributed by atoms with van der Waals surface area (Å²) in [5.74, 6) is 0. The lowest BCUT2D eigenvalue weighted by atomic mass is 9.93. The van der Waals surface area contributed by atoms with Crippen LogP contribution in [0.15, 0.2) is 178 Å². The predicted molar refractivity (Wildman–Crippen MR) is 224 cm³/mol. The molecule has 0 fully saturated rings. The number of benzene rings is 9. The van der Waals surface area contributed by atoms with Gasteiger partial charge in [-0.15, -0.1) is 0 Å². The van der Waals surface area contributed by atoms with Crippen LogP contribution in [0.4, 0.5) is 22.7 Å². The van der Waals surface area contributed by atoms with Gasteiger partial charge in [-0.3, -0.25) is 0 Å². The Bertz CT molecular complexity index is 2730. The standard InChI is InChI=1S/C50H38N4/c1-31-32(2)48(52-40-19-11-6-12-20-40)44-28-36-26-38-30-46-45(29-37(38)25-35(36)27-43(44)47(31)51-39-17-9-5-10-18-39)49(53-41-21-13-7-14-22-41)33(3)34(4)50(46)54-42-23-15-8-16-24-42/h5-30H,1-4H3/b51-47-,52-48+,53-49+,54-50-. The summed E-state index contributed by atoms with van der Waals surface area (Å²) >= 11 is 0. The van der Waals surface area contributed by atoms with Crippen molar-refractivity contribution in [1.29, 1.82) is 0 Å². The van der Waals surface area contributed by atoms with Gasteiger partial charge in [0.1, 0.15) is 0 Å². The lowest BCUT2D eigenvalue weighted by Gasteiger charge is -2.13. The van der Waals surface area contributed by atoms with Gasteiger partial charge < -0.3 is 0 Å². The molecule has 0 aliphatic heterocycles. The van der Waals surface area contributed by atoms with E-state index in [1.807, 2.05) is 72.8 Å². The maximum absolute atomic E-state index is 5.24. The van der Waals surface area contributed by atoms with Crippen LogP contribution >= 0.6 is 0 Å². The van der Waals surface area contributed by atoms with Gasteiger partial charge in [-0.2, -0.15) is 0 Å². The van der Waals surface area contributed by atoms with Crippen LogP contribution in [-0.2, 0) is 0 Å². The first kappa shape index (κ1) is 33.1. The molecule has 0 saturated heterocycles. The number of hydrogen-bond acceptors (Lipinski definition) is 4. The Labute approximate surface area is 313 Å². The van der Waals surface area contributed by atoms with Crippen LogP contribution in [0.3, 0.4) is 0 Å². The summed E-state index contributed by atoms with van der Waals surface area (Å²) in [5.41, 5.74) is 8.21. The fourth-order valence-corrected chi connectivity index (χ4v) is 7.51. The van der Waals surface area contributed by atoms with Crippen molar-refractivity contribution in [2.45, 2.75) is 27.7 Å². The summed E-state index contributed by atoms with van der Waals surface area (Å²) in [6.45, 7) is 8.66. The molecule has 0 radical (unpaired) electrons. The van der Waals surface area contributed by atoms with Gasteiger partial charge in [0.15, 0.2) is 0 Å². The predicted octanol–water partition coefficient (Wildman–Crippen LogP) is 11.3. The molecule has 9 aromatic carbocycles. The Balaban J connectivity index is 1.40. The Morgan fingerprint density at radius 2 is 0.463 bits per heavy atom. The van der Waals surface area contributed by atoms with Gasteiger partial charge >= 0.3 is 0 Å². The van der Waals surface area contributed by atoms with Crippen LogP contribution in [-0.4, -0.2) is 0 Å². The van der Waals surface area contributed by atoms with Crippen LogP contribution in [0.2, 0.25) is 0 Å². The Hall–Kier alpha value is -6.78. The fourth-order valence-electron chi connectivity index (χ4n) is 7.51. The molecule has 0 heterocycles. The molecule has 0 unspecified atom stereocenters. The van der Waals surface area contributed by atoms with E-state index in [0.29, 0.717) is 0 Å². The highest BCUT2D eigenvalue weighted by atomic mass is 14.8. The third-order valence-corrected chi connectivity index (χ3v) is 10.6. The Kier molecular flexibility index (Phi) is 8.36. The molecule has 0 N–H and O–H groups in total. The minimum Gasteiger partial charge on any atom is -0.248 e. The zero-order valence-electron chi connectivity index (χ0n) is 30.8. The van der Waals surface area contributed by atoms with E-state index in [-0.39, 0.29) is 0 Å². The normalized spacial score (nSPS) is 13.3. The number of para-hydroxylation sites is 4. The average Bonchev–Trinajstić information content (AvgIpc) is 3.21. The Morgan fingerprint density at radius 3 is 0.667 bits per heavy atom. The van der Waals surface area contributed by atoms with Crippen molar-refractivity contribution in [3.05, 3.63) is 201 Å². The third-order valence-electron chi connectivity index (χ3n) is 10.6. The first-order valence-corrected chi connectivity index (χ1v) is 18.4. The fraction of sp³-hybridized carbons (Fsp3) is 0.0800.